The molecule has 0 aliphatic carbocycles. The van der Waals surface area contributed by atoms with E-state index in [1.807, 2.05) is 6.92 Å². The Bertz CT molecular complexity index is 268. The van der Waals surface area contributed by atoms with Crippen molar-refractivity contribution in [3.05, 3.63) is 5.21 Å². The van der Waals surface area contributed by atoms with E-state index < -0.39 is 10.8 Å². The summed E-state index contributed by atoms with van der Waals surface area (Å²) in [6.45, 7) is 4.57. The number of unbranched alkanes of at least 4 members (excludes halogenated alkanes) is 8. The third-order valence-corrected chi connectivity index (χ3v) is 4.11. The van der Waals surface area contributed by atoms with Gasteiger partial charge in [-0.25, -0.2) is 0 Å². The molecule has 0 saturated heterocycles. The summed E-state index contributed by atoms with van der Waals surface area (Å²) >= 11 is 0. The molecule has 0 aromatic rings. The van der Waals surface area contributed by atoms with E-state index in [1.165, 1.54) is 52.0 Å². The van der Waals surface area contributed by atoms with Gasteiger partial charge in [0.2, 0.25) is 5.78 Å². The van der Waals surface area contributed by atoms with Crippen LogP contribution in [0.4, 0.5) is 0 Å². The molecule has 0 amide bonds. The molecule has 0 fully saturated rings. The molecule has 0 aromatic carbocycles. The molecular formula is C17H36N2O2. The molecule has 0 bridgehead atoms. The average Bonchev–Trinajstić information content (AvgIpc) is 2.44. The number of rotatable bonds is 14. The lowest BCUT2D eigenvalue weighted by Crippen LogP contribution is -2.57. The molecule has 2 unspecified atom stereocenters. The Morgan fingerprint density at radius 2 is 1.43 bits per heavy atom. The fourth-order valence-electron chi connectivity index (χ4n) is 2.65. The third-order valence-electron chi connectivity index (χ3n) is 4.11. The Hall–Kier alpha value is -0.450. The standard InChI is InChI=1S/C17H36N2O2/c1-4-6-7-8-9-10-11-12-13-14-16(20)17(18)19(3,21)15-5-2/h17H,4-15,18H2,1-3H3. The lowest BCUT2D eigenvalue weighted by atomic mass is 10.0. The van der Waals surface area contributed by atoms with Crippen LogP contribution in [0.15, 0.2) is 0 Å². The Labute approximate surface area is 131 Å². The Morgan fingerprint density at radius 1 is 0.952 bits per heavy atom. The topological polar surface area (TPSA) is 66.2 Å². The zero-order chi connectivity index (χ0) is 16.1. The second-order valence-corrected chi connectivity index (χ2v) is 6.39. The maximum atomic E-state index is 12.1. The number of hydroxylamine groups is 3. The van der Waals surface area contributed by atoms with Crippen LogP contribution >= 0.6 is 0 Å². The number of carbonyl (C=O) groups excluding carboxylic acids is 1. The molecule has 0 aromatic heterocycles. The van der Waals surface area contributed by atoms with Gasteiger partial charge in [0.15, 0.2) is 6.17 Å². The number of hydrogen-bond donors (Lipinski definition) is 1. The van der Waals surface area contributed by atoms with E-state index in [2.05, 4.69) is 6.92 Å². The molecule has 0 aliphatic heterocycles. The van der Waals surface area contributed by atoms with Crippen LogP contribution < -0.4 is 5.73 Å². The summed E-state index contributed by atoms with van der Waals surface area (Å²) in [5.41, 5.74) is 5.80. The molecule has 0 spiro atoms. The number of hydrogen-bond acceptors (Lipinski definition) is 3. The molecule has 2 atom stereocenters. The van der Waals surface area contributed by atoms with Gasteiger partial charge in [-0.05, 0) is 12.8 Å². The van der Waals surface area contributed by atoms with Gasteiger partial charge >= 0.3 is 0 Å². The minimum absolute atomic E-state index is 0.0797. The molecule has 0 saturated carbocycles. The summed E-state index contributed by atoms with van der Waals surface area (Å²) in [7, 11) is 1.50. The minimum atomic E-state index is -0.904. The quantitative estimate of drug-likeness (QED) is 0.227. The second-order valence-electron chi connectivity index (χ2n) is 6.39. The fraction of sp³-hybridized carbons (Fsp3) is 0.941. The van der Waals surface area contributed by atoms with Crippen LogP contribution in [0.2, 0.25) is 0 Å². The van der Waals surface area contributed by atoms with Gasteiger partial charge < -0.3 is 9.85 Å². The van der Waals surface area contributed by atoms with Crippen LogP contribution in [0.25, 0.3) is 0 Å². The Balaban J connectivity index is 3.61. The Kier molecular flexibility index (Phi) is 11.9. The largest absolute Gasteiger partial charge is 0.632 e. The average molecular weight is 300 g/mol. The van der Waals surface area contributed by atoms with E-state index in [0.29, 0.717) is 13.0 Å². The summed E-state index contributed by atoms with van der Waals surface area (Å²) in [4.78, 5) is 11.9. The summed E-state index contributed by atoms with van der Waals surface area (Å²) in [6.07, 6.45) is 11.3. The zero-order valence-corrected chi connectivity index (χ0v) is 14.4. The van der Waals surface area contributed by atoms with Crippen molar-refractivity contribution in [3.8, 4) is 0 Å². The molecule has 0 rings (SSSR count). The van der Waals surface area contributed by atoms with E-state index in [1.54, 1.807) is 0 Å². The first-order valence-corrected chi connectivity index (χ1v) is 8.80. The van der Waals surface area contributed by atoms with Gasteiger partial charge in [0.1, 0.15) is 0 Å². The van der Waals surface area contributed by atoms with E-state index in [9.17, 15) is 10.0 Å². The van der Waals surface area contributed by atoms with Gasteiger partial charge in [-0.1, -0.05) is 65.2 Å². The summed E-state index contributed by atoms with van der Waals surface area (Å²) in [5.74, 6) is -0.0797. The number of carbonyl (C=O) groups is 1. The highest BCUT2D eigenvalue weighted by atomic mass is 16.5. The van der Waals surface area contributed by atoms with Crippen LogP contribution in [0.1, 0.15) is 84.5 Å². The summed E-state index contributed by atoms with van der Waals surface area (Å²) < 4.78 is -0.632. The van der Waals surface area contributed by atoms with Gasteiger partial charge in [0, 0.05) is 6.42 Å². The normalized spacial score (nSPS) is 15.7. The summed E-state index contributed by atoms with van der Waals surface area (Å²) in [5, 5.41) is 12.1. The maximum absolute atomic E-state index is 12.1. The van der Waals surface area contributed by atoms with Gasteiger partial charge in [0.05, 0.1) is 13.6 Å². The van der Waals surface area contributed by atoms with Gasteiger partial charge in [-0.3, -0.25) is 10.5 Å². The van der Waals surface area contributed by atoms with Crippen LogP contribution in [-0.2, 0) is 4.79 Å². The lowest BCUT2D eigenvalue weighted by Gasteiger charge is -2.42. The monoisotopic (exact) mass is 300 g/mol. The predicted octanol–water partition coefficient (Wildman–Crippen LogP) is 4.12. The molecule has 4 heteroatoms. The molecule has 21 heavy (non-hydrogen) atoms. The number of likely N-dealkylation sites (N-methyl/N-ethyl adjacent to an activating group) is 1. The first kappa shape index (κ1) is 20.6. The van der Waals surface area contributed by atoms with E-state index >= 15 is 0 Å². The molecule has 0 radical (unpaired) electrons. The van der Waals surface area contributed by atoms with Gasteiger partial charge in [-0.15, -0.1) is 0 Å². The third kappa shape index (κ3) is 9.99. The van der Waals surface area contributed by atoms with Crippen molar-refractivity contribution in [2.45, 2.75) is 90.6 Å². The van der Waals surface area contributed by atoms with Crippen LogP contribution in [-0.4, -0.2) is 30.2 Å². The lowest BCUT2D eigenvalue weighted by molar-refractivity contribution is -0.876. The van der Waals surface area contributed by atoms with Crippen molar-refractivity contribution < 1.29 is 9.44 Å². The van der Waals surface area contributed by atoms with Crippen LogP contribution in [0.3, 0.4) is 0 Å². The smallest absolute Gasteiger partial charge is 0.205 e. The minimum Gasteiger partial charge on any atom is -0.632 e. The number of ketones is 1. The van der Waals surface area contributed by atoms with Crippen molar-refractivity contribution in [1.29, 1.82) is 0 Å². The molecule has 2 N–H and O–H groups in total. The van der Waals surface area contributed by atoms with E-state index in [-0.39, 0.29) is 5.78 Å². The van der Waals surface area contributed by atoms with Crippen LogP contribution in [0, 0.1) is 5.21 Å². The second kappa shape index (κ2) is 12.1. The highest BCUT2D eigenvalue weighted by molar-refractivity contribution is 5.82. The molecular weight excluding hydrogens is 264 g/mol. The highest BCUT2D eigenvalue weighted by Gasteiger charge is 2.26. The predicted molar refractivity (Wildman–Crippen MR) is 89.5 cm³/mol. The first-order valence-electron chi connectivity index (χ1n) is 8.80. The number of nitrogens with two attached hydrogens (primary N) is 1. The first-order chi connectivity index (χ1) is 9.95. The van der Waals surface area contributed by atoms with Crippen molar-refractivity contribution in [1.82, 2.24) is 0 Å². The number of Topliss-reactive ketones (excluding diaryl/α,β-unsaturated/α-hetero) is 1. The SMILES string of the molecule is CCCCCCCCCCCC(=O)C(N)[N+](C)([O-])CCC. The molecule has 0 heterocycles. The summed E-state index contributed by atoms with van der Waals surface area (Å²) in [6, 6.07) is 0. The maximum Gasteiger partial charge on any atom is 0.205 e. The molecule has 0 aliphatic rings. The highest BCUT2D eigenvalue weighted by Crippen LogP contribution is 2.13. The van der Waals surface area contributed by atoms with Crippen molar-refractivity contribution in [2.75, 3.05) is 13.6 Å². The number of nitrogens with zero attached hydrogens (tertiary/aromatic N) is 1. The van der Waals surface area contributed by atoms with E-state index in [0.717, 1.165) is 19.3 Å². The number of quaternary nitrogens is 1. The molecule has 126 valence electrons. The van der Waals surface area contributed by atoms with Crippen molar-refractivity contribution in [3.63, 3.8) is 0 Å². The zero-order valence-electron chi connectivity index (χ0n) is 14.4. The van der Waals surface area contributed by atoms with E-state index in [4.69, 9.17) is 5.73 Å². The molecule has 4 nitrogen and oxygen atoms in total. The van der Waals surface area contributed by atoms with Crippen molar-refractivity contribution in [2.24, 2.45) is 5.73 Å². The van der Waals surface area contributed by atoms with Gasteiger partial charge in [0.25, 0.3) is 0 Å². The van der Waals surface area contributed by atoms with Gasteiger partial charge in [-0.2, -0.15) is 0 Å². The van der Waals surface area contributed by atoms with Crippen LogP contribution in [0.5, 0.6) is 0 Å². The Morgan fingerprint density at radius 3 is 1.90 bits per heavy atom. The van der Waals surface area contributed by atoms with Crippen molar-refractivity contribution >= 4 is 5.78 Å². The fourth-order valence-corrected chi connectivity index (χ4v) is 2.65.